The molecule has 2 heterocycles. The maximum Gasteiger partial charge on any atom is 0.269 e. The van der Waals surface area contributed by atoms with E-state index < -0.39 is 6.10 Å². The number of rotatable bonds is 4. The van der Waals surface area contributed by atoms with Crippen LogP contribution in [0.4, 0.5) is 5.82 Å². The molecule has 32 heavy (non-hydrogen) atoms. The fourth-order valence-electron chi connectivity index (χ4n) is 4.59. The van der Waals surface area contributed by atoms with Crippen LogP contribution >= 0.6 is 0 Å². The van der Waals surface area contributed by atoms with E-state index >= 15 is 0 Å². The van der Waals surface area contributed by atoms with Crippen molar-refractivity contribution >= 4 is 22.6 Å². The van der Waals surface area contributed by atoms with Crippen LogP contribution in [-0.4, -0.2) is 28.6 Å². The van der Waals surface area contributed by atoms with Crippen LogP contribution in [0.1, 0.15) is 48.1 Å². The molecule has 3 aromatic rings. The molecule has 1 aliphatic rings. The molecule has 0 bridgehead atoms. The quantitative estimate of drug-likeness (QED) is 0.586. The zero-order valence-electron chi connectivity index (χ0n) is 19.8. The van der Waals surface area contributed by atoms with Gasteiger partial charge >= 0.3 is 0 Å². The fraction of sp³-hybridized carbons (Fsp3) is 0.407. The van der Waals surface area contributed by atoms with Crippen LogP contribution in [0.25, 0.3) is 10.9 Å². The Morgan fingerprint density at radius 3 is 2.59 bits per heavy atom. The van der Waals surface area contributed by atoms with Crippen molar-refractivity contribution in [2.75, 3.05) is 11.4 Å². The molecule has 1 N–H and O–H groups in total. The molecule has 5 nitrogen and oxygen atoms in total. The number of carbonyl (C=O) groups excluding carboxylic acids is 1. The van der Waals surface area contributed by atoms with Crippen molar-refractivity contribution in [2.45, 2.75) is 60.5 Å². The third kappa shape index (κ3) is 3.81. The average molecular weight is 433 g/mol. The number of phenols is 1. The summed E-state index contributed by atoms with van der Waals surface area (Å²) in [5, 5.41) is 11.5. The van der Waals surface area contributed by atoms with Crippen LogP contribution in [0.3, 0.4) is 0 Å². The van der Waals surface area contributed by atoms with Crippen molar-refractivity contribution < 1.29 is 14.6 Å². The van der Waals surface area contributed by atoms with Gasteiger partial charge in [-0.2, -0.15) is 0 Å². The molecule has 1 aliphatic heterocycles. The molecule has 0 saturated heterocycles. The van der Waals surface area contributed by atoms with Crippen LogP contribution in [0.2, 0.25) is 0 Å². The van der Waals surface area contributed by atoms with Crippen molar-refractivity contribution in [3.05, 3.63) is 58.1 Å². The number of hydrogen-bond donors (Lipinski definition) is 1. The predicted molar refractivity (Wildman–Crippen MR) is 129 cm³/mol. The van der Waals surface area contributed by atoms with E-state index in [1.54, 1.807) is 4.90 Å². The molecule has 0 aliphatic carbocycles. The minimum atomic E-state index is -0.572. The third-order valence-corrected chi connectivity index (χ3v) is 6.53. The molecule has 5 heteroatoms. The van der Waals surface area contributed by atoms with E-state index in [9.17, 15) is 9.90 Å². The number of para-hydroxylation sites is 1. The lowest BCUT2D eigenvalue weighted by Crippen LogP contribution is -2.45. The maximum atomic E-state index is 13.8. The number of aromatic hydroxyl groups is 1. The Balaban J connectivity index is 1.71. The van der Waals surface area contributed by atoms with Crippen molar-refractivity contribution in [3.63, 3.8) is 0 Å². The first-order valence-electron chi connectivity index (χ1n) is 11.3. The Labute approximate surface area is 190 Å². The molecule has 1 amide bonds. The fourth-order valence-corrected chi connectivity index (χ4v) is 4.59. The third-order valence-electron chi connectivity index (χ3n) is 6.53. The molecular formula is C27H32N2O3. The van der Waals surface area contributed by atoms with Crippen LogP contribution in [0.15, 0.2) is 30.3 Å². The van der Waals surface area contributed by atoms with Gasteiger partial charge in [0.15, 0.2) is 6.10 Å². The standard InChI is InChI=1S/C27H32N2O3/c1-15(2)14-29(24-13-16(3)20-9-7-8-10-22(20)28-24)27(31)23-12-11-21-19(6)25(30)17(4)18(5)26(21)32-23/h7-10,13,15,23,30H,11-12,14H2,1-6H3. The summed E-state index contributed by atoms with van der Waals surface area (Å²) in [6, 6.07) is 10.0. The number of aromatic nitrogens is 1. The number of hydrogen-bond acceptors (Lipinski definition) is 4. The van der Waals surface area contributed by atoms with Gasteiger partial charge in [-0.1, -0.05) is 32.0 Å². The lowest BCUT2D eigenvalue weighted by atomic mass is 9.91. The van der Waals surface area contributed by atoms with E-state index in [1.807, 2.05) is 45.0 Å². The van der Waals surface area contributed by atoms with Crippen LogP contribution in [0.5, 0.6) is 11.5 Å². The highest BCUT2D eigenvalue weighted by molar-refractivity contribution is 5.97. The van der Waals surface area contributed by atoms with Gasteiger partial charge in [0.05, 0.1) is 5.52 Å². The van der Waals surface area contributed by atoms with Gasteiger partial charge in [-0.05, 0) is 80.8 Å². The Kier molecular flexibility index (Phi) is 5.85. The topological polar surface area (TPSA) is 62.7 Å². The summed E-state index contributed by atoms with van der Waals surface area (Å²) in [7, 11) is 0. The summed E-state index contributed by atoms with van der Waals surface area (Å²) in [5.41, 5.74) is 5.54. The molecule has 2 aromatic carbocycles. The Morgan fingerprint density at radius 2 is 1.88 bits per heavy atom. The minimum Gasteiger partial charge on any atom is -0.507 e. The number of aryl methyl sites for hydroxylation is 1. The van der Waals surface area contributed by atoms with Gasteiger partial charge in [0.25, 0.3) is 5.91 Å². The molecule has 4 rings (SSSR count). The van der Waals surface area contributed by atoms with Gasteiger partial charge in [0, 0.05) is 17.5 Å². The van der Waals surface area contributed by atoms with Gasteiger partial charge in [0.1, 0.15) is 17.3 Å². The second-order valence-electron chi connectivity index (χ2n) is 9.33. The number of ether oxygens (including phenoxy) is 1. The molecule has 0 spiro atoms. The summed E-state index contributed by atoms with van der Waals surface area (Å²) in [6.45, 7) is 12.6. The molecule has 168 valence electrons. The zero-order valence-corrected chi connectivity index (χ0v) is 19.8. The van der Waals surface area contributed by atoms with E-state index in [0.717, 1.165) is 44.5 Å². The van der Waals surface area contributed by atoms with E-state index in [1.165, 1.54) is 0 Å². The van der Waals surface area contributed by atoms with E-state index in [0.29, 0.717) is 31.0 Å². The van der Waals surface area contributed by atoms with Gasteiger partial charge in [-0.3, -0.25) is 9.69 Å². The number of carbonyl (C=O) groups is 1. The number of amides is 1. The molecule has 0 fully saturated rings. The normalized spacial score (nSPS) is 15.5. The average Bonchev–Trinajstić information content (AvgIpc) is 2.78. The Hall–Kier alpha value is -3.08. The molecule has 0 saturated carbocycles. The van der Waals surface area contributed by atoms with Crippen molar-refractivity contribution in [2.24, 2.45) is 5.92 Å². The highest BCUT2D eigenvalue weighted by Crippen LogP contribution is 2.41. The Morgan fingerprint density at radius 1 is 1.16 bits per heavy atom. The molecule has 1 unspecified atom stereocenters. The molecule has 0 radical (unpaired) electrons. The van der Waals surface area contributed by atoms with Crippen molar-refractivity contribution in [3.8, 4) is 11.5 Å². The maximum absolute atomic E-state index is 13.8. The van der Waals surface area contributed by atoms with E-state index in [-0.39, 0.29) is 11.8 Å². The molecule has 1 atom stereocenters. The molecule has 1 aromatic heterocycles. The summed E-state index contributed by atoms with van der Waals surface area (Å²) in [5.74, 6) is 1.96. The minimum absolute atomic E-state index is 0.0608. The van der Waals surface area contributed by atoms with E-state index in [4.69, 9.17) is 9.72 Å². The number of pyridine rings is 1. The lowest BCUT2D eigenvalue weighted by Gasteiger charge is -2.33. The highest BCUT2D eigenvalue weighted by Gasteiger charge is 2.34. The number of phenolic OH excluding ortho intramolecular Hbond substituents is 1. The van der Waals surface area contributed by atoms with Crippen molar-refractivity contribution in [1.29, 1.82) is 0 Å². The van der Waals surface area contributed by atoms with Crippen LogP contribution in [-0.2, 0) is 11.2 Å². The first-order chi connectivity index (χ1) is 15.2. The van der Waals surface area contributed by atoms with Gasteiger partial charge in [0.2, 0.25) is 0 Å². The SMILES string of the molecule is Cc1c(C)c2c(c(C)c1O)CCC(C(=O)N(CC(C)C)c1cc(C)c3ccccc3n1)O2. The monoisotopic (exact) mass is 432 g/mol. The van der Waals surface area contributed by atoms with Crippen LogP contribution < -0.4 is 9.64 Å². The van der Waals surface area contributed by atoms with Gasteiger partial charge < -0.3 is 9.84 Å². The largest absolute Gasteiger partial charge is 0.507 e. The van der Waals surface area contributed by atoms with Crippen LogP contribution in [0, 0.1) is 33.6 Å². The lowest BCUT2D eigenvalue weighted by molar-refractivity contribution is -0.126. The molecular weight excluding hydrogens is 400 g/mol. The first-order valence-corrected chi connectivity index (χ1v) is 11.3. The van der Waals surface area contributed by atoms with Gasteiger partial charge in [-0.15, -0.1) is 0 Å². The summed E-state index contributed by atoms with van der Waals surface area (Å²) < 4.78 is 6.31. The smallest absolute Gasteiger partial charge is 0.269 e. The van der Waals surface area contributed by atoms with Crippen molar-refractivity contribution in [1.82, 2.24) is 4.98 Å². The number of fused-ring (bicyclic) bond motifs is 2. The second kappa shape index (κ2) is 8.45. The zero-order chi connectivity index (χ0) is 23.2. The number of benzene rings is 2. The number of nitrogens with zero attached hydrogens (tertiary/aromatic N) is 2. The second-order valence-corrected chi connectivity index (χ2v) is 9.33. The first kappa shape index (κ1) is 22.1. The highest BCUT2D eigenvalue weighted by atomic mass is 16.5. The summed E-state index contributed by atoms with van der Waals surface area (Å²) in [6.07, 6.45) is 0.707. The summed E-state index contributed by atoms with van der Waals surface area (Å²) >= 11 is 0. The predicted octanol–water partition coefficient (Wildman–Crippen LogP) is 5.56. The number of anilines is 1. The van der Waals surface area contributed by atoms with Gasteiger partial charge in [-0.25, -0.2) is 4.98 Å². The Bertz CT molecular complexity index is 1200. The summed E-state index contributed by atoms with van der Waals surface area (Å²) in [4.78, 5) is 20.4. The van der Waals surface area contributed by atoms with E-state index in [2.05, 4.69) is 26.8 Å².